The van der Waals surface area contributed by atoms with E-state index >= 15 is 0 Å². The molecular formula is C14H23N3O2. The van der Waals surface area contributed by atoms with Crippen molar-refractivity contribution in [2.45, 2.75) is 33.2 Å². The lowest BCUT2D eigenvalue weighted by molar-refractivity contribution is 0.0866. The summed E-state index contributed by atoms with van der Waals surface area (Å²) in [4.78, 5) is 16.4. The molecule has 0 aliphatic rings. The third kappa shape index (κ3) is 4.52. The van der Waals surface area contributed by atoms with Gasteiger partial charge in [-0.2, -0.15) is 0 Å². The smallest absolute Gasteiger partial charge is 0.251 e. The number of aryl methyl sites for hydroxylation is 1. The second-order valence-corrected chi connectivity index (χ2v) is 4.90. The fourth-order valence-corrected chi connectivity index (χ4v) is 1.76. The molecule has 0 saturated heterocycles. The lowest BCUT2D eigenvalue weighted by Gasteiger charge is -2.21. The van der Waals surface area contributed by atoms with Gasteiger partial charge < -0.3 is 15.8 Å². The molecular weight excluding hydrogens is 242 g/mol. The Balaban J connectivity index is 2.84. The van der Waals surface area contributed by atoms with Gasteiger partial charge in [-0.15, -0.1) is 0 Å². The molecule has 0 aliphatic carbocycles. The molecule has 1 heterocycles. The van der Waals surface area contributed by atoms with Crippen LogP contribution in [0.5, 0.6) is 0 Å². The number of nitrogens with two attached hydrogens (primary N) is 1. The van der Waals surface area contributed by atoms with Gasteiger partial charge in [0.05, 0.1) is 12.6 Å². The summed E-state index contributed by atoms with van der Waals surface area (Å²) in [7, 11) is 1.63. The van der Waals surface area contributed by atoms with E-state index in [4.69, 9.17) is 10.5 Å². The minimum absolute atomic E-state index is 0.0167. The van der Waals surface area contributed by atoms with Crippen molar-refractivity contribution in [2.75, 3.05) is 19.5 Å². The Kier molecular flexibility index (Phi) is 5.76. The van der Waals surface area contributed by atoms with Crippen molar-refractivity contribution in [2.24, 2.45) is 5.92 Å². The number of amides is 1. The van der Waals surface area contributed by atoms with Crippen LogP contribution >= 0.6 is 0 Å². The van der Waals surface area contributed by atoms with Gasteiger partial charge in [0.25, 0.3) is 5.91 Å². The molecule has 1 rings (SSSR count). The Bertz CT molecular complexity index is 433. The van der Waals surface area contributed by atoms with Crippen molar-refractivity contribution in [3.63, 3.8) is 0 Å². The first-order chi connectivity index (χ1) is 8.97. The van der Waals surface area contributed by atoms with Crippen molar-refractivity contribution < 1.29 is 9.53 Å². The number of methoxy groups -OCH3 is 1. The van der Waals surface area contributed by atoms with Gasteiger partial charge in [0.15, 0.2) is 0 Å². The van der Waals surface area contributed by atoms with E-state index in [0.717, 1.165) is 12.1 Å². The van der Waals surface area contributed by atoms with Crippen LogP contribution in [-0.4, -0.2) is 30.6 Å². The van der Waals surface area contributed by atoms with Gasteiger partial charge in [-0.1, -0.05) is 20.8 Å². The monoisotopic (exact) mass is 265 g/mol. The topological polar surface area (TPSA) is 77.2 Å². The summed E-state index contributed by atoms with van der Waals surface area (Å²) in [5, 5.41) is 2.96. The highest BCUT2D eigenvalue weighted by molar-refractivity contribution is 5.95. The minimum Gasteiger partial charge on any atom is -0.384 e. The average Bonchev–Trinajstić information content (AvgIpc) is 2.37. The Morgan fingerprint density at radius 2 is 2.16 bits per heavy atom. The first kappa shape index (κ1) is 15.4. The molecule has 0 spiro atoms. The molecule has 19 heavy (non-hydrogen) atoms. The van der Waals surface area contributed by atoms with Gasteiger partial charge in [0.1, 0.15) is 5.82 Å². The van der Waals surface area contributed by atoms with Gasteiger partial charge in [-0.25, -0.2) is 4.98 Å². The lowest BCUT2D eigenvalue weighted by atomic mass is 10.0. The van der Waals surface area contributed by atoms with Crippen molar-refractivity contribution >= 4 is 11.7 Å². The summed E-state index contributed by atoms with van der Waals surface area (Å²) in [5.74, 6) is 0.533. The van der Waals surface area contributed by atoms with Crippen LogP contribution in [0.15, 0.2) is 12.1 Å². The maximum atomic E-state index is 12.2. The highest BCUT2D eigenvalue weighted by Gasteiger charge is 2.17. The van der Waals surface area contributed by atoms with Crippen molar-refractivity contribution in [3.05, 3.63) is 23.4 Å². The number of rotatable bonds is 6. The summed E-state index contributed by atoms with van der Waals surface area (Å²) in [6.45, 7) is 6.56. The van der Waals surface area contributed by atoms with E-state index < -0.39 is 0 Å². The van der Waals surface area contributed by atoms with Crippen molar-refractivity contribution in [1.82, 2.24) is 10.3 Å². The molecule has 0 radical (unpaired) electrons. The normalized spacial score (nSPS) is 12.5. The van der Waals surface area contributed by atoms with Crippen LogP contribution in [0.25, 0.3) is 0 Å². The van der Waals surface area contributed by atoms with Crippen LogP contribution in [0.2, 0.25) is 0 Å². The molecule has 0 aromatic carbocycles. The van der Waals surface area contributed by atoms with Gasteiger partial charge in [0, 0.05) is 18.4 Å². The second kappa shape index (κ2) is 7.09. The predicted molar refractivity (Wildman–Crippen MR) is 76.0 cm³/mol. The quantitative estimate of drug-likeness (QED) is 0.819. The molecule has 5 nitrogen and oxygen atoms in total. The molecule has 1 amide bonds. The Labute approximate surface area is 114 Å². The van der Waals surface area contributed by atoms with E-state index in [2.05, 4.69) is 10.3 Å². The zero-order chi connectivity index (χ0) is 14.4. The number of ether oxygens (including phenoxy) is 1. The minimum atomic E-state index is -0.139. The van der Waals surface area contributed by atoms with Crippen LogP contribution in [0.1, 0.15) is 36.8 Å². The average molecular weight is 265 g/mol. The van der Waals surface area contributed by atoms with Crippen LogP contribution in [-0.2, 0) is 11.2 Å². The number of nitrogen functional groups attached to an aromatic ring is 1. The van der Waals surface area contributed by atoms with Crippen LogP contribution in [0.4, 0.5) is 5.82 Å². The Morgan fingerprint density at radius 1 is 1.47 bits per heavy atom. The SMILES string of the molecule is CCc1cc(C(=O)NC(COC)C(C)C)cc(N)n1. The van der Waals surface area contributed by atoms with E-state index in [1.165, 1.54) is 0 Å². The molecule has 0 fully saturated rings. The standard InChI is InChI=1S/C14H23N3O2/c1-5-11-6-10(7-13(15)16-11)14(18)17-12(8-19-4)9(2)3/h6-7,9,12H,5,8H2,1-4H3,(H2,15,16)(H,17,18). The first-order valence-corrected chi connectivity index (χ1v) is 6.54. The largest absolute Gasteiger partial charge is 0.384 e. The van der Waals surface area contributed by atoms with E-state index in [0.29, 0.717) is 23.9 Å². The lowest BCUT2D eigenvalue weighted by Crippen LogP contribution is -2.41. The molecule has 1 aromatic heterocycles. The summed E-state index contributed by atoms with van der Waals surface area (Å²) < 4.78 is 5.12. The molecule has 1 aromatic rings. The summed E-state index contributed by atoms with van der Waals surface area (Å²) >= 11 is 0. The third-order valence-corrected chi connectivity index (χ3v) is 2.99. The second-order valence-electron chi connectivity index (χ2n) is 4.90. The number of hydrogen-bond acceptors (Lipinski definition) is 4. The summed E-state index contributed by atoms with van der Waals surface area (Å²) in [5.41, 5.74) is 7.07. The van der Waals surface area contributed by atoms with Crippen LogP contribution in [0.3, 0.4) is 0 Å². The number of carbonyl (C=O) groups is 1. The van der Waals surface area contributed by atoms with Crippen LogP contribution in [0, 0.1) is 5.92 Å². The number of nitrogens with one attached hydrogen (secondary N) is 1. The Morgan fingerprint density at radius 3 is 2.68 bits per heavy atom. The molecule has 1 atom stereocenters. The molecule has 0 saturated carbocycles. The summed E-state index contributed by atoms with van der Waals surface area (Å²) in [6, 6.07) is 3.35. The van der Waals surface area contributed by atoms with E-state index in [-0.39, 0.29) is 11.9 Å². The highest BCUT2D eigenvalue weighted by atomic mass is 16.5. The third-order valence-electron chi connectivity index (χ3n) is 2.99. The zero-order valence-corrected chi connectivity index (χ0v) is 12.1. The number of aromatic nitrogens is 1. The van der Waals surface area contributed by atoms with Gasteiger partial charge in [-0.05, 0) is 24.5 Å². The highest BCUT2D eigenvalue weighted by Crippen LogP contribution is 2.10. The van der Waals surface area contributed by atoms with Crippen molar-refractivity contribution in [3.8, 4) is 0 Å². The van der Waals surface area contributed by atoms with Gasteiger partial charge in [-0.3, -0.25) is 4.79 Å². The molecule has 1 unspecified atom stereocenters. The van der Waals surface area contributed by atoms with Crippen LogP contribution < -0.4 is 11.1 Å². The Hall–Kier alpha value is -1.62. The maximum absolute atomic E-state index is 12.2. The van der Waals surface area contributed by atoms with E-state index in [1.807, 2.05) is 20.8 Å². The predicted octanol–water partition coefficient (Wildman–Crippen LogP) is 1.63. The van der Waals surface area contributed by atoms with Crippen molar-refractivity contribution in [1.29, 1.82) is 0 Å². The molecule has 3 N–H and O–H groups in total. The number of pyridine rings is 1. The fourth-order valence-electron chi connectivity index (χ4n) is 1.76. The molecule has 106 valence electrons. The molecule has 0 bridgehead atoms. The van der Waals surface area contributed by atoms with E-state index in [1.54, 1.807) is 19.2 Å². The number of hydrogen-bond donors (Lipinski definition) is 2. The molecule has 0 aliphatic heterocycles. The summed E-state index contributed by atoms with van der Waals surface area (Å²) in [6.07, 6.45) is 0.747. The zero-order valence-electron chi connectivity index (χ0n) is 12.1. The maximum Gasteiger partial charge on any atom is 0.251 e. The van der Waals surface area contributed by atoms with Gasteiger partial charge >= 0.3 is 0 Å². The van der Waals surface area contributed by atoms with Gasteiger partial charge in [0.2, 0.25) is 0 Å². The molecule has 5 heteroatoms. The fraction of sp³-hybridized carbons (Fsp3) is 0.571. The number of carbonyl (C=O) groups excluding carboxylic acids is 1. The number of anilines is 1. The first-order valence-electron chi connectivity index (χ1n) is 6.54. The number of nitrogens with zero attached hydrogens (tertiary/aromatic N) is 1. The van der Waals surface area contributed by atoms with E-state index in [9.17, 15) is 4.79 Å².